The number of anilines is 1. The van der Waals surface area contributed by atoms with E-state index in [2.05, 4.69) is 9.97 Å². The average Bonchev–Trinajstić information content (AvgIpc) is 3.28. The van der Waals surface area contributed by atoms with Crippen LogP contribution in [0.3, 0.4) is 0 Å². The van der Waals surface area contributed by atoms with E-state index in [1.54, 1.807) is 22.9 Å². The number of aromatic amines is 1. The van der Waals surface area contributed by atoms with Gasteiger partial charge in [0, 0.05) is 29.3 Å². The third kappa shape index (κ3) is 2.15. The van der Waals surface area contributed by atoms with E-state index in [0.29, 0.717) is 6.01 Å². The first-order valence-corrected chi connectivity index (χ1v) is 8.03. The number of aliphatic hydroxyl groups excluding tert-OH is 1. The van der Waals surface area contributed by atoms with Crippen molar-refractivity contribution in [2.45, 2.75) is 17.7 Å². The fourth-order valence-electron chi connectivity index (χ4n) is 2.80. The van der Waals surface area contributed by atoms with E-state index in [0.717, 1.165) is 22.6 Å². The molecule has 2 aromatic heterocycles. The van der Waals surface area contributed by atoms with Gasteiger partial charge in [-0.15, -0.1) is 11.8 Å². The minimum absolute atomic E-state index is 0.00893. The van der Waals surface area contributed by atoms with Crippen LogP contribution in [-0.2, 0) is 4.74 Å². The molecule has 4 heterocycles. The summed E-state index contributed by atoms with van der Waals surface area (Å²) in [5, 5.41) is 9.25. The van der Waals surface area contributed by atoms with Crippen LogP contribution in [0.15, 0.2) is 35.3 Å². The zero-order valence-electron chi connectivity index (χ0n) is 11.7. The number of rotatable bonds is 3. The maximum absolute atomic E-state index is 9.25. The summed E-state index contributed by atoms with van der Waals surface area (Å²) < 4.78 is 11.3. The van der Waals surface area contributed by atoms with Crippen LogP contribution in [0.4, 0.5) is 6.01 Å². The van der Waals surface area contributed by atoms with Crippen LogP contribution in [-0.4, -0.2) is 39.0 Å². The molecule has 0 aliphatic carbocycles. The third-order valence-electron chi connectivity index (χ3n) is 3.85. The molecule has 2 aliphatic heterocycles. The van der Waals surface area contributed by atoms with Crippen molar-refractivity contribution in [3.63, 3.8) is 0 Å². The minimum Gasteiger partial charge on any atom is -0.432 e. The van der Waals surface area contributed by atoms with E-state index >= 15 is 0 Å². The van der Waals surface area contributed by atoms with Crippen molar-refractivity contribution in [3.8, 4) is 0 Å². The molecule has 3 atom stereocenters. The Hall–Kier alpha value is -1.74. The predicted molar refractivity (Wildman–Crippen MR) is 82.9 cm³/mol. The smallest absolute Gasteiger partial charge is 0.302 e. The maximum Gasteiger partial charge on any atom is 0.302 e. The van der Waals surface area contributed by atoms with E-state index in [4.69, 9.17) is 14.9 Å². The fraction of sp³-hybridized carbons (Fsp3) is 0.357. The largest absolute Gasteiger partial charge is 0.432 e. The Bertz CT molecular complexity index is 684. The number of fused-ring (bicyclic) bond motifs is 1. The highest BCUT2D eigenvalue weighted by molar-refractivity contribution is 8.00. The van der Waals surface area contributed by atoms with Gasteiger partial charge in [0.05, 0.1) is 24.6 Å². The number of hydrogen-bond donors (Lipinski definition) is 3. The number of aliphatic hydroxyl groups is 1. The summed E-state index contributed by atoms with van der Waals surface area (Å²) in [7, 11) is 0. The molecular weight excluding hydrogens is 304 g/mol. The van der Waals surface area contributed by atoms with Crippen molar-refractivity contribution in [3.05, 3.63) is 42.2 Å². The van der Waals surface area contributed by atoms with Gasteiger partial charge in [0.2, 0.25) is 0 Å². The van der Waals surface area contributed by atoms with Crippen molar-refractivity contribution in [1.29, 1.82) is 0 Å². The molecule has 1 fully saturated rings. The van der Waals surface area contributed by atoms with Gasteiger partial charge in [0.1, 0.15) is 17.9 Å². The molecule has 2 aliphatic rings. The standard InChI is InChI=1S/C14H16N4O3S/c15-13-8-1-2-16-12(8)9(10-7-22-11(6-19)21-10)5-18(13)14-17-3-4-20-14/h1-5,10-11,13,16,19H,6-7,15H2/t10-,11-,13?/m0/s1. The van der Waals surface area contributed by atoms with Crippen LogP contribution in [0.25, 0.3) is 5.57 Å². The van der Waals surface area contributed by atoms with Crippen LogP contribution < -0.4 is 10.6 Å². The highest BCUT2D eigenvalue weighted by atomic mass is 32.2. The molecule has 2 aromatic rings. The molecule has 0 spiro atoms. The Kier molecular flexibility index (Phi) is 3.45. The van der Waals surface area contributed by atoms with E-state index in [1.807, 2.05) is 18.5 Å². The topological polar surface area (TPSA) is 101 Å². The van der Waals surface area contributed by atoms with E-state index in [-0.39, 0.29) is 24.3 Å². The third-order valence-corrected chi connectivity index (χ3v) is 4.98. The first-order valence-electron chi connectivity index (χ1n) is 6.98. The number of nitrogens with one attached hydrogen (secondary N) is 1. The van der Waals surface area contributed by atoms with Gasteiger partial charge < -0.3 is 25.0 Å². The van der Waals surface area contributed by atoms with Gasteiger partial charge in [-0.1, -0.05) is 0 Å². The van der Waals surface area contributed by atoms with Gasteiger partial charge >= 0.3 is 6.01 Å². The second-order valence-electron chi connectivity index (χ2n) is 5.13. The molecule has 116 valence electrons. The molecule has 0 saturated carbocycles. The molecule has 8 heteroatoms. The highest BCUT2D eigenvalue weighted by Gasteiger charge is 2.36. The highest BCUT2D eigenvalue weighted by Crippen LogP contribution is 2.40. The van der Waals surface area contributed by atoms with E-state index in [1.165, 1.54) is 6.26 Å². The number of nitrogens with zero attached hydrogens (tertiary/aromatic N) is 2. The Morgan fingerprint density at radius 1 is 1.55 bits per heavy atom. The van der Waals surface area contributed by atoms with E-state index < -0.39 is 0 Å². The molecule has 4 rings (SSSR count). The molecule has 0 aromatic carbocycles. The molecule has 7 nitrogen and oxygen atoms in total. The molecule has 1 saturated heterocycles. The van der Waals surface area contributed by atoms with Crippen molar-refractivity contribution >= 4 is 23.3 Å². The summed E-state index contributed by atoms with van der Waals surface area (Å²) in [4.78, 5) is 9.21. The number of ether oxygens (including phenoxy) is 1. The molecule has 0 amide bonds. The quantitative estimate of drug-likeness (QED) is 0.783. The Labute approximate surface area is 131 Å². The average molecular weight is 320 g/mol. The van der Waals surface area contributed by atoms with Crippen molar-refractivity contribution < 1.29 is 14.3 Å². The molecular formula is C14H16N4O3S. The second-order valence-corrected chi connectivity index (χ2v) is 6.32. The van der Waals surface area contributed by atoms with Crippen molar-refractivity contribution in [2.75, 3.05) is 17.3 Å². The number of H-pyrrole nitrogens is 1. The Balaban J connectivity index is 1.73. The minimum atomic E-state index is -0.369. The lowest BCUT2D eigenvalue weighted by atomic mass is 9.99. The van der Waals surface area contributed by atoms with Crippen LogP contribution in [0, 0.1) is 0 Å². The fourth-order valence-corrected chi connectivity index (χ4v) is 3.77. The molecule has 0 bridgehead atoms. The summed E-state index contributed by atoms with van der Waals surface area (Å²) in [5.41, 5.74) is 9.06. The van der Waals surface area contributed by atoms with Gasteiger partial charge in [-0.2, -0.15) is 0 Å². The number of hydrogen-bond acceptors (Lipinski definition) is 7. The molecule has 4 N–H and O–H groups in total. The lowest BCUT2D eigenvalue weighted by Crippen LogP contribution is -2.35. The first-order chi connectivity index (χ1) is 10.8. The summed E-state index contributed by atoms with van der Waals surface area (Å²) in [6.45, 7) is 0.00893. The number of thioether (sulfide) groups is 1. The van der Waals surface area contributed by atoms with Crippen LogP contribution in [0.1, 0.15) is 17.4 Å². The molecule has 1 unspecified atom stereocenters. The van der Waals surface area contributed by atoms with Gasteiger partial charge in [0.15, 0.2) is 0 Å². The maximum atomic E-state index is 9.25. The lowest BCUT2D eigenvalue weighted by molar-refractivity contribution is 0.0619. The monoisotopic (exact) mass is 320 g/mol. The zero-order valence-corrected chi connectivity index (χ0v) is 12.5. The first kappa shape index (κ1) is 13.9. The van der Waals surface area contributed by atoms with Crippen LogP contribution in [0.5, 0.6) is 0 Å². The normalized spacial score (nSPS) is 27.8. The van der Waals surface area contributed by atoms with Crippen LogP contribution in [0.2, 0.25) is 0 Å². The number of aromatic nitrogens is 2. The summed E-state index contributed by atoms with van der Waals surface area (Å²) in [6, 6.07) is 2.40. The van der Waals surface area contributed by atoms with Crippen molar-refractivity contribution in [1.82, 2.24) is 9.97 Å². The van der Waals surface area contributed by atoms with Gasteiger partial charge in [-0.25, -0.2) is 4.98 Å². The summed E-state index contributed by atoms with van der Waals surface area (Å²) in [6.07, 6.45) is 6.41. The Morgan fingerprint density at radius 3 is 3.18 bits per heavy atom. The van der Waals surface area contributed by atoms with Crippen molar-refractivity contribution in [2.24, 2.45) is 5.73 Å². The zero-order chi connectivity index (χ0) is 15.1. The van der Waals surface area contributed by atoms with Gasteiger partial charge in [0.25, 0.3) is 0 Å². The van der Waals surface area contributed by atoms with E-state index in [9.17, 15) is 5.11 Å². The molecule has 22 heavy (non-hydrogen) atoms. The lowest BCUT2D eigenvalue weighted by Gasteiger charge is -2.31. The SMILES string of the molecule is NC1c2cc[nH]c2C([C@@H]2CS[C@@H](CO)O2)=CN1c1ncco1. The Morgan fingerprint density at radius 2 is 2.45 bits per heavy atom. The molecule has 0 radical (unpaired) electrons. The van der Waals surface area contributed by atoms with Gasteiger partial charge in [-0.05, 0) is 6.07 Å². The number of oxazole rings is 1. The van der Waals surface area contributed by atoms with Gasteiger partial charge in [-0.3, -0.25) is 4.90 Å². The summed E-state index contributed by atoms with van der Waals surface area (Å²) >= 11 is 1.61. The number of nitrogens with two attached hydrogens (primary N) is 1. The predicted octanol–water partition coefficient (Wildman–Crippen LogP) is 1.27. The summed E-state index contributed by atoms with van der Waals surface area (Å²) in [5.74, 6) is 0.782. The van der Waals surface area contributed by atoms with Crippen LogP contribution >= 0.6 is 11.8 Å². The second kappa shape index (κ2) is 5.47.